The topological polar surface area (TPSA) is 55.2 Å². The number of rotatable bonds is 4. The molecule has 0 radical (unpaired) electrons. The summed E-state index contributed by atoms with van der Waals surface area (Å²) in [7, 11) is 1.65. The molecule has 5 nitrogen and oxygen atoms in total. The molecule has 0 fully saturated rings. The molecule has 0 N–H and O–H groups in total. The first kappa shape index (κ1) is 17.9. The Bertz CT molecular complexity index is 1070. The average molecular weight is 385 g/mol. The van der Waals surface area contributed by atoms with Crippen LogP contribution in [0.15, 0.2) is 35.4 Å². The predicted octanol–water partition coefficient (Wildman–Crippen LogP) is 3.13. The van der Waals surface area contributed by atoms with Crippen LogP contribution in [0.2, 0.25) is 0 Å². The smallest absolute Gasteiger partial charge is 0.262 e. The van der Waals surface area contributed by atoms with Gasteiger partial charge in [-0.15, -0.1) is 11.3 Å². The number of aromatic nitrogens is 2. The summed E-state index contributed by atoms with van der Waals surface area (Å²) in [5, 5.41) is 0.679. The van der Waals surface area contributed by atoms with E-state index in [1.165, 1.54) is 32.8 Å². The van der Waals surface area contributed by atoms with E-state index in [1.54, 1.807) is 30.5 Å². The van der Waals surface area contributed by atoms with Gasteiger partial charge in [0.25, 0.3) is 5.56 Å². The van der Waals surface area contributed by atoms with Crippen molar-refractivity contribution in [3.05, 3.63) is 62.8 Å². The number of halogens is 1. The van der Waals surface area contributed by atoms with Crippen LogP contribution in [0.3, 0.4) is 0 Å². The molecule has 0 saturated carbocycles. The van der Waals surface area contributed by atoms with E-state index in [0.29, 0.717) is 10.9 Å². The van der Waals surface area contributed by atoms with Gasteiger partial charge in [-0.3, -0.25) is 14.2 Å². The van der Waals surface area contributed by atoms with Gasteiger partial charge in [0.15, 0.2) is 0 Å². The van der Waals surface area contributed by atoms with Crippen LogP contribution >= 0.6 is 11.3 Å². The molecule has 0 saturated heterocycles. The summed E-state index contributed by atoms with van der Waals surface area (Å²) in [6.07, 6.45) is 5.61. The number of thiophene rings is 1. The molecule has 0 bridgehead atoms. The second-order valence-electron chi connectivity index (χ2n) is 6.95. The lowest BCUT2D eigenvalue weighted by Crippen LogP contribution is -2.33. The summed E-state index contributed by atoms with van der Waals surface area (Å²) in [6.45, 7) is 0.215. The Kier molecular flexibility index (Phi) is 4.78. The van der Waals surface area contributed by atoms with E-state index in [2.05, 4.69) is 4.98 Å². The van der Waals surface area contributed by atoms with Crippen molar-refractivity contribution in [1.82, 2.24) is 14.5 Å². The molecule has 1 aromatic carbocycles. The van der Waals surface area contributed by atoms with Gasteiger partial charge in [0.1, 0.15) is 17.2 Å². The van der Waals surface area contributed by atoms with Crippen LogP contribution in [0.5, 0.6) is 0 Å². The maximum atomic E-state index is 13.3. The number of benzene rings is 1. The van der Waals surface area contributed by atoms with E-state index in [9.17, 15) is 14.0 Å². The molecular weight excluding hydrogens is 365 g/mol. The van der Waals surface area contributed by atoms with Crippen LogP contribution in [-0.4, -0.2) is 27.4 Å². The van der Waals surface area contributed by atoms with E-state index in [0.717, 1.165) is 36.1 Å². The molecule has 0 aliphatic heterocycles. The molecule has 140 valence electrons. The average Bonchev–Trinajstić information content (AvgIpc) is 3.03. The van der Waals surface area contributed by atoms with Crippen LogP contribution in [0.4, 0.5) is 4.39 Å². The van der Waals surface area contributed by atoms with Gasteiger partial charge in [-0.05, 0) is 48.9 Å². The summed E-state index contributed by atoms with van der Waals surface area (Å²) in [5.41, 5.74) is 1.68. The highest BCUT2D eigenvalue weighted by Crippen LogP contribution is 2.33. The molecule has 0 spiro atoms. The number of carbonyl (C=O) groups is 1. The van der Waals surface area contributed by atoms with Crippen LogP contribution in [0, 0.1) is 5.82 Å². The number of nitrogens with zero attached hydrogens (tertiary/aromatic N) is 3. The van der Waals surface area contributed by atoms with Gasteiger partial charge in [-0.25, -0.2) is 9.37 Å². The van der Waals surface area contributed by atoms with Crippen molar-refractivity contribution >= 4 is 27.5 Å². The van der Waals surface area contributed by atoms with E-state index >= 15 is 0 Å². The Morgan fingerprint density at radius 2 is 2.15 bits per heavy atom. The summed E-state index contributed by atoms with van der Waals surface area (Å²) < 4.78 is 14.7. The molecular formula is C20H20FN3O2S. The Morgan fingerprint density at radius 3 is 2.96 bits per heavy atom. The molecule has 2 heterocycles. The molecule has 7 heteroatoms. The van der Waals surface area contributed by atoms with Gasteiger partial charge < -0.3 is 4.90 Å². The minimum Gasteiger partial charge on any atom is -0.340 e. The highest BCUT2D eigenvalue weighted by atomic mass is 32.1. The van der Waals surface area contributed by atoms with Gasteiger partial charge >= 0.3 is 0 Å². The van der Waals surface area contributed by atoms with Gasteiger partial charge in [-0.1, -0.05) is 12.1 Å². The normalized spacial score (nSPS) is 13.6. The van der Waals surface area contributed by atoms with E-state index in [-0.39, 0.29) is 30.4 Å². The fourth-order valence-corrected chi connectivity index (χ4v) is 4.78. The molecule has 0 atom stereocenters. The zero-order valence-electron chi connectivity index (χ0n) is 15.1. The van der Waals surface area contributed by atoms with Gasteiger partial charge in [0, 0.05) is 18.5 Å². The van der Waals surface area contributed by atoms with Crippen molar-refractivity contribution in [3.8, 4) is 0 Å². The van der Waals surface area contributed by atoms with Crippen LogP contribution in [0.1, 0.15) is 28.8 Å². The van der Waals surface area contributed by atoms with Gasteiger partial charge in [0.2, 0.25) is 5.91 Å². The number of hydrogen-bond donors (Lipinski definition) is 0. The molecule has 2 aromatic heterocycles. The van der Waals surface area contributed by atoms with Gasteiger partial charge in [0.05, 0.1) is 11.7 Å². The lowest BCUT2D eigenvalue weighted by Gasteiger charge is -2.18. The minimum absolute atomic E-state index is 0.0712. The Balaban J connectivity index is 1.56. The van der Waals surface area contributed by atoms with Crippen molar-refractivity contribution in [2.45, 2.75) is 38.8 Å². The van der Waals surface area contributed by atoms with Crippen molar-refractivity contribution in [3.63, 3.8) is 0 Å². The van der Waals surface area contributed by atoms with E-state index < -0.39 is 0 Å². The molecule has 27 heavy (non-hydrogen) atoms. The van der Waals surface area contributed by atoms with E-state index in [4.69, 9.17) is 0 Å². The van der Waals surface area contributed by atoms with Gasteiger partial charge in [-0.2, -0.15) is 0 Å². The maximum absolute atomic E-state index is 13.3. The number of carbonyl (C=O) groups excluding carboxylic acids is 1. The number of fused-ring (bicyclic) bond motifs is 3. The first-order valence-corrected chi connectivity index (χ1v) is 9.82. The number of hydrogen-bond acceptors (Lipinski definition) is 4. The minimum atomic E-state index is -0.332. The summed E-state index contributed by atoms with van der Waals surface area (Å²) >= 11 is 1.60. The van der Waals surface area contributed by atoms with Crippen LogP contribution < -0.4 is 5.56 Å². The van der Waals surface area contributed by atoms with E-state index in [1.807, 2.05) is 0 Å². The first-order chi connectivity index (χ1) is 13.0. The number of amides is 1. The molecule has 4 rings (SSSR count). The lowest BCUT2D eigenvalue weighted by molar-refractivity contribution is -0.131. The fourth-order valence-electron chi connectivity index (χ4n) is 3.56. The second kappa shape index (κ2) is 7.23. The predicted molar refractivity (Wildman–Crippen MR) is 103 cm³/mol. The van der Waals surface area contributed by atoms with Crippen LogP contribution in [0.25, 0.3) is 10.2 Å². The third-order valence-corrected chi connectivity index (χ3v) is 6.18. The Labute approximate surface area is 160 Å². The van der Waals surface area contributed by atoms with Crippen LogP contribution in [-0.2, 0) is 30.7 Å². The summed E-state index contributed by atoms with van der Waals surface area (Å²) in [6, 6.07) is 6.16. The molecule has 1 amide bonds. The standard InChI is InChI=1S/C20H20FN3O2S/c1-23(10-13-5-4-6-14(21)9-13)17(25)11-24-12-22-19-18(20(24)26)15-7-2-3-8-16(15)27-19/h4-6,9,12H,2-3,7-8,10-11H2,1H3. The Morgan fingerprint density at radius 1 is 1.33 bits per heavy atom. The lowest BCUT2D eigenvalue weighted by atomic mass is 9.97. The SMILES string of the molecule is CN(Cc1cccc(F)c1)C(=O)Cn1cnc2sc3c(c2c1=O)CCCC3. The zero-order chi connectivity index (χ0) is 19.0. The van der Waals surface area contributed by atoms with Crippen molar-refractivity contribution in [2.24, 2.45) is 0 Å². The molecule has 3 aromatic rings. The van der Waals surface area contributed by atoms with Crippen molar-refractivity contribution in [1.29, 1.82) is 0 Å². The summed E-state index contributed by atoms with van der Waals surface area (Å²) in [5.74, 6) is -0.548. The number of aryl methyl sites for hydroxylation is 2. The Hall–Kier alpha value is -2.54. The highest BCUT2D eigenvalue weighted by molar-refractivity contribution is 7.18. The number of likely N-dealkylation sites (N-methyl/N-ethyl adjacent to an activating group) is 1. The summed E-state index contributed by atoms with van der Waals surface area (Å²) in [4.78, 5) is 33.4. The third-order valence-electron chi connectivity index (χ3n) is 4.98. The highest BCUT2D eigenvalue weighted by Gasteiger charge is 2.21. The fraction of sp³-hybridized carbons (Fsp3) is 0.350. The largest absolute Gasteiger partial charge is 0.340 e. The molecule has 1 aliphatic rings. The quantitative estimate of drug-likeness (QED) is 0.693. The first-order valence-electron chi connectivity index (χ1n) is 9.01. The second-order valence-corrected chi connectivity index (χ2v) is 8.03. The third kappa shape index (κ3) is 3.51. The zero-order valence-corrected chi connectivity index (χ0v) is 15.9. The molecule has 0 unspecified atom stereocenters. The maximum Gasteiger partial charge on any atom is 0.262 e. The van der Waals surface area contributed by atoms with Crippen molar-refractivity contribution < 1.29 is 9.18 Å². The monoisotopic (exact) mass is 385 g/mol. The molecule has 1 aliphatic carbocycles. The van der Waals surface area contributed by atoms with Crippen molar-refractivity contribution in [2.75, 3.05) is 7.05 Å².